The highest BCUT2D eigenvalue weighted by Crippen LogP contribution is 2.12. The third-order valence-corrected chi connectivity index (χ3v) is 2.79. The zero-order valence-corrected chi connectivity index (χ0v) is 12.3. The highest BCUT2D eigenvalue weighted by Gasteiger charge is 2.21. The molecular weight excluding hydrogens is 260 g/mol. The molecule has 0 aromatic carbocycles. The molecule has 1 aromatic rings. The molecule has 0 aliphatic rings. The summed E-state index contributed by atoms with van der Waals surface area (Å²) in [4.78, 5) is 22.4. The first-order valence-electron chi connectivity index (χ1n) is 6.56. The van der Waals surface area contributed by atoms with Gasteiger partial charge < -0.3 is 10.4 Å². The Morgan fingerprint density at radius 1 is 1.45 bits per heavy atom. The molecule has 0 fully saturated rings. The predicted octanol–water partition coefficient (Wildman–Crippen LogP) is 2.23. The van der Waals surface area contributed by atoms with Crippen molar-refractivity contribution in [2.45, 2.75) is 52.1 Å². The van der Waals surface area contributed by atoms with Gasteiger partial charge in [-0.2, -0.15) is 5.10 Å². The van der Waals surface area contributed by atoms with Gasteiger partial charge >= 0.3 is 12.0 Å². The number of amides is 2. The maximum atomic E-state index is 11.8. The van der Waals surface area contributed by atoms with E-state index in [4.69, 9.17) is 5.11 Å². The van der Waals surface area contributed by atoms with Crippen molar-refractivity contribution >= 4 is 17.8 Å². The van der Waals surface area contributed by atoms with Gasteiger partial charge in [-0.05, 0) is 34.1 Å². The van der Waals surface area contributed by atoms with Gasteiger partial charge in [-0.15, -0.1) is 0 Å². The molecule has 0 radical (unpaired) electrons. The zero-order valence-electron chi connectivity index (χ0n) is 12.3. The summed E-state index contributed by atoms with van der Waals surface area (Å²) in [5, 5.41) is 18.2. The molecule has 0 atom stereocenters. The number of carbonyl (C=O) groups is 2. The minimum Gasteiger partial charge on any atom is -0.481 e. The average molecular weight is 282 g/mol. The van der Waals surface area contributed by atoms with Crippen LogP contribution in [0.3, 0.4) is 0 Å². The molecule has 1 aromatic heterocycles. The summed E-state index contributed by atoms with van der Waals surface area (Å²) in [7, 11) is 0. The van der Waals surface area contributed by atoms with Crippen molar-refractivity contribution in [2.75, 3.05) is 5.32 Å². The number of hydrogen-bond donors (Lipinski definition) is 3. The number of nitrogens with one attached hydrogen (secondary N) is 2. The molecule has 112 valence electrons. The highest BCUT2D eigenvalue weighted by molar-refractivity contribution is 5.88. The van der Waals surface area contributed by atoms with Gasteiger partial charge in [0, 0.05) is 30.3 Å². The van der Waals surface area contributed by atoms with E-state index in [2.05, 4.69) is 15.7 Å². The number of urea groups is 1. The fourth-order valence-electron chi connectivity index (χ4n) is 1.63. The number of aromatic nitrogens is 2. The number of hydrogen-bond acceptors (Lipinski definition) is 3. The van der Waals surface area contributed by atoms with Gasteiger partial charge in [0.2, 0.25) is 0 Å². The first-order chi connectivity index (χ1) is 9.19. The molecule has 0 bridgehead atoms. The van der Waals surface area contributed by atoms with Crippen molar-refractivity contribution in [1.29, 1.82) is 0 Å². The molecule has 0 saturated carbocycles. The third kappa shape index (κ3) is 5.29. The minimum atomic E-state index is -0.879. The van der Waals surface area contributed by atoms with Crippen molar-refractivity contribution < 1.29 is 14.7 Å². The summed E-state index contributed by atoms with van der Waals surface area (Å²) in [6.07, 6.45) is 2.15. The molecule has 0 aliphatic carbocycles. The van der Waals surface area contributed by atoms with Crippen LogP contribution in [0.15, 0.2) is 12.3 Å². The Balaban J connectivity index is 2.51. The van der Waals surface area contributed by atoms with E-state index in [1.54, 1.807) is 30.8 Å². The third-order valence-electron chi connectivity index (χ3n) is 2.79. The molecule has 7 heteroatoms. The minimum absolute atomic E-state index is 0.00918. The van der Waals surface area contributed by atoms with E-state index in [1.165, 1.54) is 0 Å². The van der Waals surface area contributed by atoms with Crippen LogP contribution in [-0.4, -0.2) is 32.4 Å². The van der Waals surface area contributed by atoms with Crippen molar-refractivity contribution in [3.05, 3.63) is 12.3 Å². The van der Waals surface area contributed by atoms with Gasteiger partial charge in [0.15, 0.2) is 5.82 Å². The lowest BCUT2D eigenvalue weighted by Gasteiger charge is -2.25. The Kier molecular flexibility index (Phi) is 5.12. The number of anilines is 1. The molecule has 0 aliphatic heterocycles. The molecule has 0 saturated heterocycles. The molecule has 3 N–H and O–H groups in total. The van der Waals surface area contributed by atoms with Gasteiger partial charge in [0.25, 0.3) is 0 Å². The van der Waals surface area contributed by atoms with E-state index in [9.17, 15) is 9.59 Å². The summed E-state index contributed by atoms with van der Waals surface area (Å²) in [6, 6.07) is 1.54. The van der Waals surface area contributed by atoms with E-state index >= 15 is 0 Å². The molecule has 1 heterocycles. The standard InChI is InChI=1S/C13H22N4O3/c1-9(2)17-8-6-10(16-17)14-12(20)15-13(3,4)7-5-11(18)19/h6,8-9H,5,7H2,1-4H3,(H,18,19)(H2,14,15,16,20). The van der Waals surface area contributed by atoms with E-state index in [-0.39, 0.29) is 12.5 Å². The van der Waals surface area contributed by atoms with E-state index in [1.807, 2.05) is 13.8 Å². The number of carbonyl (C=O) groups excluding carboxylic acids is 1. The van der Waals surface area contributed by atoms with Gasteiger partial charge in [0.05, 0.1) is 0 Å². The van der Waals surface area contributed by atoms with Crippen LogP contribution in [0.25, 0.3) is 0 Å². The summed E-state index contributed by atoms with van der Waals surface area (Å²) < 4.78 is 1.74. The number of nitrogens with zero attached hydrogens (tertiary/aromatic N) is 2. The number of rotatable bonds is 6. The first-order valence-corrected chi connectivity index (χ1v) is 6.56. The number of aliphatic carboxylic acids is 1. The van der Waals surface area contributed by atoms with Crippen molar-refractivity contribution in [3.8, 4) is 0 Å². The van der Waals surface area contributed by atoms with Crippen molar-refractivity contribution in [3.63, 3.8) is 0 Å². The molecular formula is C13H22N4O3. The maximum Gasteiger partial charge on any atom is 0.320 e. The largest absolute Gasteiger partial charge is 0.481 e. The van der Waals surface area contributed by atoms with Crippen LogP contribution in [0.4, 0.5) is 10.6 Å². The molecule has 2 amide bonds. The van der Waals surface area contributed by atoms with E-state index < -0.39 is 17.5 Å². The van der Waals surface area contributed by atoms with Crippen LogP contribution in [0, 0.1) is 0 Å². The topological polar surface area (TPSA) is 96.2 Å². The Hall–Kier alpha value is -2.05. The Morgan fingerprint density at radius 2 is 2.10 bits per heavy atom. The van der Waals surface area contributed by atoms with Crippen molar-refractivity contribution in [2.24, 2.45) is 0 Å². The molecule has 7 nitrogen and oxygen atoms in total. The monoisotopic (exact) mass is 282 g/mol. The summed E-state index contributed by atoms with van der Waals surface area (Å²) in [5.41, 5.74) is -0.594. The SMILES string of the molecule is CC(C)n1ccc(NC(=O)NC(C)(C)CCC(=O)O)n1. The van der Waals surface area contributed by atoms with Crippen LogP contribution in [0.1, 0.15) is 46.6 Å². The number of carboxylic acid groups (broad SMARTS) is 1. The lowest BCUT2D eigenvalue weighted by atomic mass is 9.99. The maximum absolute atomic E-state index is 11.8. The second kappa shape index (κ2) is 6.40. The lowest BCUT2D eigenvalue weighted by Crippen LogP contribution is -2.45. The van der Waals surface area contributed by atoms with Gasteiger partial charge in [0.1, 0.15) is 0 Å². The van der Waals surface area contributed by atoms with Gasteiger partial charge in [-0.25, -0.2) is 4.79 Å². The van der Waals surface area contributed by atoms with Crippen LogP contribution >= 0.6 is 0 Å². The van der Waals surface area contributed by atoms with E-state index in [0.29, 0.717) is 12.2 Å². The smallest absolute Gasteiger partial charge is 0.320 e. The normalized spacial score (nSPS) is 11.4. The molecule has 20 heavy (non-hydrogen) atoms. The van der Waals surface area contributed by atoms with E-state index in [0.717, 1.165) is 0 Å². The quantitative estimate of drug-likeness (QED) is 0.745. The molecule has 1 rings (SSSR count). The van der Waals surface area contributed by atoms with Crippen molar-refractivity contribution in [1.82, 2.24) is 15.1 Å². The fourth-order valence-corrected chi connectivity index (χ4v) is 1.63. The lowest BCUT2D eigenvalue weighted by molar-refractivity contribution is -0.137. The summed E-state index contributed by atoms with van der Waals surface area (Å²) in [6.45, 7) is 7.54. The Morgan fingerprint density at radius 3 is 2.60 bits per heavy atom. The predicted molar refractivity (Wildman–Crippen MR) is 75.7 cm³/mol. The molecule has 0 spiro atoms. The van der Waals surface area contributed by atoms with Crippen LogP contribution < -0.4 is 10.6 Å². The van der Waals surface area contributed by atoms with Gasteiger partial charge in [-0.1, -0.05) is 0 Å². The molecule has 0 unspecified atom stereocenters. The summed E-state index contributed by atoms with van der Waals surface area (Å²) in [5.74, 6) is -0.416. The number of carboxylic acids is 1. The average Bonchev–Trinajstić information content (AvgIpc) is 2.74. The van der Waals surface area contributed by atoms with Crippen LogP contribution in [0.2, 0.25) is 0 Å². The zero-order chi connectivity index (χ0) is 15.3. The first kappa shape index (κ1) is 16.0. The Bertz CT molecular complexity index is 480. The van der Waals surface area contributed by atoms with Crippen LogP contribution in [0.5, 0.6) is 0 Å². The van der Waals surface area contributed by atoms with Crippen LogP contribution in [-0.2, 0) is 4.79 Å². The van der Waals surface area contributed by atoms with Gasteiger partial charge in [-0.3, -0.25) is 14.8 Å². The Labute approximate surface area is 118 Å². The second-order valence-electron chi connectivity index (χ2n) is 5.63. The fraction of sp³-hybridized carbons (Fsp3) is 0.615. The highest BCUT2D eigenvalue weighted by atomic mass is 16.4. The summed E-state index contributed by atoms with van der Waals surface area (Å²) >= 11 is 0. The second-order valence-corrected chi connectivity index (χ2v) is 5.63.